The normalized spacial score (nSPS) is 14.3. The number of aromatic amines is 5. The molecule has 0 bridgehead atoms. The molecule has 6 heterocycles. The summed E-state index contributed by atoms with van der Waals surface area (Å²) >= 11 is 0. The van der Waals surface area contributed by atoms with Gasteiger partial charge in [-0.25, -0.2) is 4.99 Å². The third-order valence-electron chi connectivity index (χ3n) is 9.43. The number of nitrogens with one attached hydrogen (secondary N) is 5. The van der Waals surface area contributed by atoms with Crippen LogP contribution in [-0.4, -0.2) is 30.6 Å². The third kappa shape index (κ3) is 4.02. The van der Waals surface area contributed by atoms with Gasteiger partial charge in [0.1, 0.15) is 0 Å². The lowest BCUT2D eigenvalue weighted by atomic mass is 10.1. The van der Waals surface area contributed by atoms with Gasteiger partial charge in [0.05, 0.1) is 11.4 Å². The van der Waals surface area contributed by atoms with Crippen LogP contribution in [0.3, 0.4) is 0 Å². The first kappa shape index (κ1) is 25.8. The molecule has 10 rings (SSSR count). The predicted molar refractivity (Wildman–Crippen MR) is 194 cm³/mol. The Hall–Kier alpha value is -6.53. The van der Waals surface area contributed by atoms with Crippen molar-refractivity contribution in [2.75, 3.05) is 0 Å². The van der Waals surface area contributed by atoms with Crippen LogP contribution in [0.1, 0.15) is 16.8 Å². The Balaban J connectivity index is 1.21. The standard InChI is InChI=1S/C41H28N6/c1-5-13-34-24(9-1)30(20-42-34)28-17-38(32-22-44-36-15-7-3-11-26(32)36)46-40(28)19-41-29(31-21-43-35-14-6-2-10-25(31)35)18-39(47-41)33-23-45-37-16-8-4-12-27(33)37/h1-23,42-46H/b41-19-/i38+1,39+1,40+1,41+1. The van der Waals surface area contributed by atoms with Gasteiger partial charge in [-0.3, -0.25) is 0 Å². The van der Waals surface area contributed by atoms with Crippen molar-refractivity contribution in [2.45, 2.75) is 0 Å². The number of aromatic nitrogens is 5. The van der Waals surface area contributed by atoms with Crippen LogP contribution in [0.25, 0.3) is 77.6 Å². The highest BCUT2D eigenvalue weighted by atomic mass is 15.1. The van der Waals surface area contributed by atoms with Crippen molar-refractivity contribution >= 4 is 61.0 Å². The Morgan fingerprint density at radius 2 is 0.936 bits per heavy atom. The van der Waals surface area contributed by atoms with Gasteiger partial charge in [0.2, 0.25) is 0 Å². The van der Waals surface area contributed by atoms with E-state index in [1.165, 1.54) is 16.2 Å². The highest BCUT2D eigenvalue weighted by Crippen LogP contribution is 2.41. The number of nitrogens with zero attached hydrogens (tertiary/aromatic N) is 1. The van der Waals surface area contributed by atoms with Crippen LogP contribution in [0.4, 0.5) is 0 Å². The maximum Gasteiger partial charge on any atom is 0.0738 e. The van der Waals surface area contributed by atoms with Gasteiger partial charge in [0.15, 0.2) is 0 Å². The molecule has 5 N–H and O–H groups in total. The zero-order chi connectivity index (χ0) is 30.9. The number of aliphatic imine (C=N–C) groups is 1. The minimum Gasteiger partial charge on any atom is -0.361 e. The summed E-state index contributed by atoms with van der Waals surface area (Å²) in [5.41, 5.74) is 15.0. The molecule has 0 amide bonds. The van der Waals surface area contributed by atoms with Crippen molar-refractivity contribution in [3.63, 3.8) is 0 Å². The lowest BCUT2D eigenvalue weighted by Crippen LogP contribution is -1.91. The molecule has 0 atom stereocenters. The summed E-state index contributed by atoms with van der Waals surface area (Å²) in [6, 6.07) is 36.0. The van der Waals surface area contributed by atoms with Crippen molar-refractivity contribution in [2.24, 2.45) is 4.99 Å². The van der Waals surface area contributed by atoms with Gasteiger partial charge in [-0.15, -0.1) is 0 Å². The van der Waals surface area contributed by atoms with Gasteiger partial charge >= 0.3 is 0 Å². The Bertz CT molecular complexity index is 2750. The summed E-state index contributed by atoms with van der Waals surface area (Å²) in [4.78, 5) is 23.0. The van der Waals surface area contributed by atoms with Crippen molar-refractivity contribution in [3.8, 4) is 22.4 Å². The number of rotatable bonds is 5. The van der Waals surface area contributed by atoms with Crippen LogP contribution in [0.15, 0.2) is 145 Å². The van der Waals surface area contributed by atoms with Crippen molar-refractivity contribution in [1.29, 1.82) is 0 Å². The summed E-state index contributed by atoms with van der Waals surface area (Å²) in [5.74, 6) is 0. The van der Waals surface area contributed by atoms with E-state index in [1.807, 2.05) is 0 Å². The predicted octanol–water partition coefficient (Wildman–Crippen LogP) is 10.2. The van der Waals surface area contributed by atoms with Gasteiger partial charge in [-0.1, -0.05) is 72.8 Å². The first-order valence-corrected chi connectivity index (χ1v) is 15.8. The molecule has 0 fully saturated rings. The lowest BCUT2D eigenvalue weighted by Gasteiger charge is -2.05. The van der Waals surface area contributed by atoms with E-state index in [2.05, 4.69) is 165 Å². The van der Waals surface area contributed by atoms with E-state index in [0.29, 0.717) is 0 Å². The van der Waals surface area contributed by atoms with E-state index in [0.717, 1.165) is 83.6 Å². The van der Waals surface area contributed by atoms with E-state index in [9.17, 15) is 0 Å². The largest absolute Gasteiger partial charge is 0.361 e. The van der Waals surface area contributed by atoms with Gasteiger partial charge in [-0.05, 0) is 42.5 Å². The van der Waals surface area contributed by atoms with E-state index < -0.39 is 0 Å². The molecule has 0 saturated heterocycles. The van der Waals surface area contributed by atoms with Crippen LogP contribution in [0.2, 0.25) is 0 Å². The van der Waals surface area contributed by atoms with E-state index in [-0.39, 0.29) is 0 Å². The first-order valence-electron chi connectivity index (χ1n) is 15.8. The number of hydrogen-bond acceptors (Lipinski definition) is 1. The van der Waals surface area contributed by atoms with Crippen molar-refractivity contribution < 1.29 is 0 Å². The average molecular weight is 609 g/mol. The van der Waals surface area contributed by atoms with Crippen molar-refractivity contribution in [1.82, 2.24) is 24.9 Å². The van der Waals surface area contributed by atoms with E-state index in [1.54, 1.807) is 0 Å². The molecule has 6 heteroatoms. The monoisotopic (exact) mass is 608 g/mol. The van der Waals surface area contributed by atoms with E-state index >= 15 is 0 Å². The zero-order valence-electron chi connectivity index (χ0n) is 25.2. The fraction of sp³-hybridized carbons (Fsp3) is 0. The molecule has 47 heavy (non-hydrogen) atoms. The van der Waals surface area contributed by atoms with E-state index in [4.69, 9.17) is 4.99 Å². The van der Waals surface area contributed by atoms with Crippen LogP contribution in [0.5, 0.6) is 0 Å². The Labute approximate surface area is 269 Å². The average Bonchev–Trinajstić information content (AvgIpc) is 3.96. The fourth-order valence-corrected chi connectivity index (χ4v) is 7.15. The molecule has 0 unspecified atom stereocenters. The molecule has 5 aromatic heterocycles. The molecule has 6 nitrogen and oxygen atoms in total. The maximum atomic E-state index is 5.34. The molecule has 222 valence electrons. The number of allylic oxidation sites excluding steroid dienone is 2. The second-order valence-corrected chi connectivity index (χ2v) is 12.1. The fourth-order valence-electron chi connectivity index (χ4n) is 7.15. The molecule has 0 radical (unpaired) electrons. The number of para-hydroxylation sites is 4. The van der Waals surface area contributed by atoms with Crippen LogP contribution >= 0.6 is 0 Å². The smallest absolute Gasteiger partial charge is 0.0738 e. The van der Waals surface area contributed by atoms with Gasteiger partial charge < -0.3 is 24.9 Å². The lowest BCUT2D eigenvalue weighted by molar-refractivity contribution is 1.35. The molecule has 1 aliphatic rings. The summed E-state index contributed by atoms with van der Waals surface area (Å²) in [6.07, 6.45) is 12.8. The van der Waals surface area contributed by atoms with Crippen LogP contribution in [-0.2, 0) is 0 Å². The second-order valence-electron chi connectivity index (χ2n) is 12.1. The summed E-state index contributed by atoms with van der Waals surface area (Å²) in [6.45, 7) is 0. The molecule has 0 spiro atoms. The second kappa shape index (κ2) is 9.99. The minimum absolute atomic E-state index is 0.906. The van der Waals surface area contributed by atoms with Crippen LogP contribution in [0, 0.1) is 0 Å². The Morgan fingerprint density at radius 1 is 0.468 bits per heavy atom. The molecule has 0 aliphatic carbocycles. The topological polar surface area (TPSA) is 91.3 Å². The third-order valence-corrected chi connectivity index (χ3v) is 9.43. The maximum absolute atomic E-state index is 5.34. The Morgan fingerprint density at radius 3 is 1.55 bits per heavy atom. The molecular formula is C41H28N6. The van der Waals surface area contributed by atoms with Crippen molar-refractivity contribution in [3.05, 3.63) is 157 Å². The molecular weight excluding hydrogens is 580 g/mol. The number of hydrogen-bond donors (Lipinski definition) is 5. The first-order chi connectivity index (χ1) is 23.3. The SMILES string of the molecule is C1=C(c2c[nH]c3ccccc23)/[13C](=C/[13c]2[nH][13c](-c3c[nH]c4ccccc34)cc2-c2c[nH]c3ccccc23)N=[13C]1c1c[nH]c2ccccc12. The number of benzene rings is 4. The summed E-state index contributed by atoms with van der Waals surface area (Å²) in [5, 5.41) is 4.68. The summed E-state index contributed by atoms with van der Waals surface area (Å²) < 4.78 is 0. The van der Waals surface area contributed by atoms with Gasteiger partial charge in [-0.2, -0.15) is 0 Å². The minimum atomic E-state index is 0.906. The highest BCUT2D eigenvalue weighted by molar-refractivity contribution is 6.24. The zero-order valence-corrected chi connectivity index (χ0v) is 25.2. The molecule has 0 saturated carbocycles. The molecule has 4 aromatic carbocycles. The quantitative estimate of drug-likeness (QED) is 0.120. The van der Waals surface area contributed by atoms with Crippen LogP contribution < -0.4 is 0 Å². The Kier molecular flexibility index (Phi) is 5.48. The summed E-state index contributed by atoms with van der Waals surface area (Å²) in [7, 11) is 0. The van der Waals surface area contributed by atoms with Gasteiger partial charge in [0, 0.05) is 113 Å². The molecule has 9 aromatic rings. The van der Waals surface area contributed by atoms with Gasteiger partial charge in [0.25, 0.3) is 0 Å². The molecule has 1 aliphatic heterocycles. The highest BCUT2D eigenvalue weighted by Gasteiger charge is 2.24. The number of H-pyrrole nitrogens is 5. The number of fused-ring (bicyclic) bond motifs is 4.